The van der Waals surface area contributed by atoms with Gasteiger partial charge >= 0.3 is 0 Å². The smallest absolute Gasteiger partial charge is 0.101 e. The second-order valence-corrected chi connectivity index (χ2v) is 12.2. The maximum Gasteiger partial charge on any atom is 0.101 e. The van der Waals surface area contributed by atoms with Gasteiger partial charge in [0.25, 0.3) is 0 Å². The fourth-order valence-electron chi connectivity index (χ4n) is 3.89. The lowest BCUT2D eigenvalue weighted by molar-refractivity contribution is 0.670. The number of thiophene rings is 3. The third-order valence-corrected chi connectivity index (χ3v) is 9.21. The molecule has 3 aromatic rings. The van der Waals surface area contributed by atoms with Crippen LogP contribution in [0.1, 0.15) is 94.5 Å². The third-order valence-electron chi connectivity index (χ3n) is 5.87. The lowest BCUT2D eigenvalue weighted by Crippen LogP contribution is -1.80. The highest BCUT2D eigenvalue weighted by atomic mass is 32.1. The molecule has 0 aliphatic carbocycles. The van der Waals surface area contributed by atoms with Crippen LogP contribution in [0.4, 0.5) is 0 Å². The molecule has 0 aliphatic heterocycles. The molecule has 3 rings (SSSR count). The molecule has 0 spiro atoms. The van der Waals surface area contributed by atoms with Crippen LogP contribution in [-0.2, 0) is 12.8 Å². The van der Waals surface area contributed by atoms with Crippen molar-refractivity contribution in [1.29, 1.82) is 10.5 Å². The van der Waals surface area contributed by atoms with Gasteiger partial charge in [0, 0.05) is 29.3 Å². The van der Waals surface area contributed by atoms with Crippen LogP contribution in [0.5, 0.6) is 0 Å². The molecule has 0 aromatic carbocycles. The largest absolute Gasteiger partial charge is 0.192 e. The number of hydrogen-bond acceptors (Lipinski definition) is 5. The predicted molar refractivity (Wildman–Crippen MR) is 156 cm³/mol. The van der Waals surface area contributed by atoms with Gasteiger partial charge in [0.15, 0.2) is 0 Å². The molecular weight excluding hydrogens is 485 g/mol. The molecule has 0 saturated carbocycles. The van der Waals surface area contributed by atoms with Gasteiger partial charge < -0.3 is 0 Å². The molecule has 35 heavy (non-hydrogen) atoms. The predicted octanol–water partition coefficient (Wildman–Crippen LogP) is 10.2. The Labute approximate surface area is 222 Å². The maximum absolute atomic E-state index is 9.81. The molecule has 5 heteroatoms. The average Bonchev–Trinajstić information content (AvgIpc) is 3.63. The molecule has 2 nitrogen and oxygen atoms in total. The van der Waals surface area contributed by atoms with Gasteiger partial charge in [-0.3, -0.25) is 0 Å². The van der Waals surface area contributed by atoms with Crippen molar-refractivity contribution >= 4 is 57.3 Å². The van der Waals surface area contributed by atoms with Crippen molar-refractivity contribution in [1.82, 2.24) is 0 Å². The van der Waals surface area contributed by atoms with Crippen molar-refractivity contribution in [3.05, 3.63) is 65.7 Å². The highest BCUT2D eigenvalue weighted by Gasteiger charge is 2.11. The van der Waals surface area contributed by atoms with Gasteiger partial charge in [0.05, 0.1) is 11.1 Å². The Morgan fingerprint density at radius 2 is 1.09 bits per heavy atom. The minimum atomic E-state index is 0.656. The molecule has 0 N–H and O–H groups in total. The van der Waals surface area contributed by atoms with E-state index in [4.69, 9.17) is 0 Å². The fourth-order valence-corrected chi connectivity index (χ4v) is 6.83. The summed E-state index contributed by atoms with van der Waals surface area (Å²) in [4.78, 5) is 6.80. The van der Waals surface area contributed by atoms with Crippen LogP contribution in [0.15, 0.2) is 36.4 Å². The number of rotatable bonds is 14. The van der Waals surface area contributed by atoms with E-state index in [0.29, 0.717) is 11.1 Å². The van der Waals surface area contributed by atoms with Crippen LogP contribution in [0.25, 0.3) is 23.3 Å². The summed E-state index contributed by atoms with van der Waals surface area (Å²) >= 11 is 5.06. The van der Waals surface area contributed by atoms with Crippen molar-refractivity contribution < 1.29 is 0 Å². The Hall–Kier alpha value is -2.44. The quantitative estimate of drug-likeness (QED) is 0.157. The lowest BCUT2D eigenvalue weighted by Gasteiger charge is -1.97. The molecule has 0 atom stereocenters. The van der Waals surface area contributed by atoms with Crippen LogP contribution in [0.3, 0.4) is 0 Å². The van der Waals surface area contributed by atoms with Crippen molar-refractivity contribution in [3.63, 3.8) is 0 Å². The van der Waals surface area contributed by atoms with Gasteiger partial charge in [0.2, 0.25) is 0 Å². The Morgan fingerprint density at radius 3 is 1.49 bits per heavy atom. The topological polar surface area (TPSA) is 47.6 Å². The van der Waals surface area contributed by atoms with E-state index in [9.17, 15) is 10.5 Å². The summed E-state index contributed by atoms with van der Waals surface area (Å²) in [5.41, 5.74) is 1.31. The molecule has 0 saturated heterocycles. The van der Waals surface area contributed by atoms with E-state index in [0.717, 1.165) is 32.4 Å². The summed E-state index contributed by atoms with van der Waals surface area (Å²) in [6.07, 6.45) is 16.3. The number of aryl methyl sites for hydroxylation is 2. The zero-order valence-electron chi connectivity index (χ0n) is 20.8. The summed E-state index contributed by atoms with van der Waals surface area (Å²) in [5, 5.41) is 19.6. The van der Waals surface area contributed by atoms with E-state index in [2.05, 4.69) is 50.3 Å². The Bertz CT molecular complexity index is 1110. The van der Waals surface area contributed by atoms with Gasteiger partial charge in [-0.05, 0) is 74.2 Å². The first-order valence-corrected chi connectivity index (χ1v) is 15.1. The Morgan fingerprint density at radius 1 is 0.629 bits per heavy atom. The van der Waals surface area contributed by atoms with Crippen molar-refractivity contribution in [2.75, 3.05) is 0 Å². The van der Waals surface area contributed by atoms with Gasteiger partial charge in [-0.1, -0.05) is 52.4 Å². The van der Waals surface area contributed by atoms with Crippen LogP contribution >= 0.6 is 34.0 Å². The summed E-state index contributed by atoms with van der Waals surface area (Å²) in [5.74, 6) is 0. The second kappa shape index (κ2) is 14.8. The van der Waals surface area contributed by atoms with Crippen LogP contribution in [-0.4, -0.2) is 0 Å². The summed E-state index contributed by atoms with van der Waals surface area (Å²) in [7, 11) is 0. The normalized spacial score (nSPS) is 12.0. The summed E-state index contributed by atoms with van der Waals surface area (Å²) in [6.45, 7) is 4.47. The molecular formula is C30H34N2S3. The van der Waals surface area contributed by atoms with E-state index < -0.39 is 0 Å². The van der Waals surface area contributed by atoms with Crippen molar-refractivity contribution in [2.24, 2.45) is 0 Å². The molecule has 0 amide bonds. The van der Waals surface area contributed by atoms with E-state index in [1.165, 1.54) is 72.5 Å². The van der Waals surface area contributed by atoms with Crippen LogP contribution in [0, 0.1) is 22.7 Å². The summed E-state index contributed by atoms with van der Waals surface area (Å²) < 4.78 is 0. The van der Waals surface area contributed by atoms with E-state index in [-0.39, 0.29) is 0 Å². The highest BCUT2D eigenvalue weighted by molar-refractivity contribution is 7.15. The number of nitrogens with zero attached hydrogens (tertiary/aromatic N) is 2. The first-order valence-electron chi connectivity index (χ1n) is 12.7. The molecule has 182 valence electrons. The molecule has 0 aliphatic rings. The standard InChI is InChI=1S/C30H34N2S3/c1-3-5-7-9-11-25-13-15-27(33-25)19-23(21-31)29-17-18-30(35-29)24(22-32)20-28-16-14-26(34-28)12-10-8-6-4-2/h13-20H,3-12H2,1-2H3/b23-19+,24-20+. The number of unbranched alkanes of at least 4 members (excludes halogenated alkanes) is 6. The Kier molecular flexibility index (Phi) is 11.5. The molecule has 3 aromatic heterocycles. The molecule has 0 unspecified atom stereocenters. The first-order chi connectivity index (χ1) is 17.2. The molecule has 0 fully saturated rings. The van der Waals surface area contributed by atoms with Gasteiger partial charge in [0.1, 0.15) is 12.1 Å². The van der Waals surface area contributed by atoms with E-state index >= 15 is 0 Å². The molecule has 3 heterocycles. The SMILES string of the molecule is CCCCCCc1ccc(/C=C(\C#N)c2ccc(/C(C#N)=C/c3ccc(CCCCCC)s3)s2)s1. The minimum absolute atomic E-state index is 0.656. The van der Waals surface area contributed by atoms with Crippen molar-refractivity contribution in [3.8, 4) is 12.1 Å². The van der Waals surface area contributed by atoms with E-state index in [1.807, 2.05) is 24.3 Å². The van der Waals surface area contributed by atoms with Crippen LogP contribution in [0.2, 0.25) is 0 Å². The Balaban J connectivity index is 1.68. The third kappa shape index (κ3) is 8.62. The molecule has 0 radical (unpaired) electrons. The van der Waals surface area contributed by atoms with E-state index in [1.54, 1.807) is 22.7 Å². The number of allylic oxidation sites excluding steroid dienone is 2. The van der Waals surface area contributed by atoms with Gasteiger partial charge in [-0.25, -0.2) is 0 Å². The second-order valence-electron chi connectivity index (χ2n) is 8.73. The summed E-state index contributed by atoms with van der Waals surface area (Å²) in [6, 6.07) is 17.3. The highest BCUT2D eigenvalue weighted by Crippen LogP contribution is 2.33. The fraction of sp³-hybridized carbons (Fsp3) is 0.400. The average molecular weight is 519 g/mol. The monoisotopic (exact) mass is 518 g/mol. The zero-order chi connectivity index (χ0) is 24.9. The number of nitriles is 2. The van der Waals surface area contributed by atoms with Crippen molar-refractivity contribution in [2.45, 2.75) is 78.1 Å². The van der Waals surface area contributed by atoms with Gasteiger partial charge in [-0.2, -0.15) is 10.5 Å². The van der Waals surface area contributed by atoms with Crippen LogP contribution < -0.4 is 0 Å². The minimum Gasteiger partial charge on any atom is -0.192 e. The lowest BCUT2D eigenvalue weighted by atomic mass is 10.1. The zero-order valence-corrected chi connectivity index (χ0v) is 23.3. The first kappa shape index (κ1) is 27.2. The van der Waals surface area contributed by atoms with Gasteiger partial charge in [-0.15, -0.1) is 34.0 Å². The maximum atomic E-state index is 9.81. The molecule has 0 bridgehead atoms. The number of hydrogen-bond donors (Lipinski definition) is 0.